The topological polar surface area (TPSA) is 20.2 Å². The van der Waals surface area contributed by atoms with Gasteiger partial charge in [-0.05, 0) is 24.7 Å². The van der Waals surface area contributed by atoms with Crippen molar-refractivity contribution in [2.24, 2.45) is 11.8 Å². The molecule has 0 saturated carbocycles. The third kappa shape index (κ3) is 2.41. The smallest absolute Gasteiger partial charge is 0.0854 e. The minimum Gasteiger partial charge on any atom is -0.513 e. The molecule has 1 nitrogen and oxygen atoms in total. The van der Waals surface area contributed by atoms with Gasteiger partial charge in [-0.15, -0.1) is 0 Å². The van der Waals surface area contributed by atoms with Crippen LogP contribution in [-0.4, -0.2) is 5.11 Å². The largest absolute Gasteiger partial charge is 0.513 e. The Morgan fingerprint density at radius 2 is 2.45 bits per heavy atom. The van der Waals surface area contributed by atoms with Crippen LogP contribution in [-0.2, 0) is 0 Å². The summed E-state index contributed by atoms with van der Waals surface area (Å²) in [5, 5.41) is 9.00. The number of aliphatic hydroxyl groups excluding tert-OH is 1. The molecule has 1 aliphatic rings. The molecule has 0 spiro atoms. The zero-order valence-electron chi connectivity index (χ0n) is 7.09. The van der Waals surface area contributed by atoms with Gasteiger partial charge in [0.25, 0.3) is 0 Å². The summed E-state index contributed by atoms with van der Waals surface area (Å²) < 4.78 is 0. The maximum absolute atomic E-state index is 9.00. The molecule has 0 aliphatic heterocycles. The number of hydrogen-bond donors (Lipinski definition) is 1. The fraction of sp³-hybridized carbons (Fsp3) is 0.600. The summed E-state index contributed by atoms with van der Waals surface area (Å²) >= 11 is 0. The number of rotatable bonds is 2. The van der Waals surface area contributed by atoms with Crippen LogP contribution in [0.25, 0.3) is 0 Å². The zero-order valence-corrected chi connectivity index (χ0v) is 7.09. The minimum absolute atomic E-state index is 0.331. The summed E-state index contributed by atoms with van der Waals surface area (Å²) in [6.07, 6.45) is 7.57. The second-order valence-electron chi connectivity index (χ2n) is 3.40. The highest BCUT2D eigenvalue weighted by atomic mass is 16.3. The Hall–Kier alpha value is -0.720. The average molecular weight is 152 g/mol. The van der Waals surface area contributed by atoms with Crippen molar-refractivity contribution in [2.75, 3.05) is 0 Å². The normalized spacial score (nSPS) is 30.3. The van der Waals surface area contributed by atoms with Crippen LogP contribution in [0, 0.1) is 11.8 Å². The Kier molecular flexibility index (Phi) is 2.75. The molecular weight excluding hydrogens is 136 g/mol. The van der Waals surface area contributed by atoms with Crippen molar-refractivity contribution >= 4 is 0 Å². The molecule has 0 amide bonds. The van der Waals surface area contributed by atoms with E-state index in [1.807, 2.05) is 0 Å². The van der Waals surface area contributed by atoms with Crippen molar-refractivity contribution in [2.45, 2.75) is 26.2 Å². The van der Waals surface area contributed by atoms with Crippen molar-refractivity contribution in [3.8, 4) is 0 Å². The van der Waals surface area contributed by atoms with Gasteiger partial charge in [-0.2, -0.15) is 0 Å². The van der Waals surface area contributed by atoms with Crippen LogP contribution in [0.4, 0.5) is 0 Å². The van der Waals surface area contributed by atoms with Crippen molar-refractivity contribution in [3.63, 3.8) is 0 Å². The highest BCUT2D eigenvalue weighted by Crippen LogP contribution is 2.28. The van der Waals surface area contributed by atoms with Gasteiger partial charge >= 0.3 is 0 Å². The summed E-state index contributed by atoms with van der Waals surface area (Å²) in [7, 11) is 0. The Balaban J connectivity index is 2.45. The highest BCUT2D eigenvalue weighted by Gasteiger charge is 2.17. The predicted molar refractivity (Wildman–Crippen MR) is 47.4 cm³/mol. The quantitative estimate of drug-likeness (QED) is 0.476. The second-order valence-corrected chi connectivity index (χ2v) is 3.40. The third-order valence-corrected chi connectivity index (χ3v) is 2.39. The van der Waals surface area contributed by atoms with E-state index >= 15 is 0 Å². The Bertz CT molecular complexity index is 170. The van der Waals surface area contributed by atoms with Gasteiger partial charge in [0, 0.05) is 6.42 Å². The van der Waals surface area contributed by atoms with E-state index in [0.717, 1.165) is 12.8 Å². The van der Waals surface area contributed by atoms with Crippen molar-refractivity contribution < 1.29 is 5.11 Å². The first-order valence-electron chi connectivity index (χ1n) is 4.23. The molecule has 1 rings (SSSR count). The van der Waals surface area contributed by atoms with Crippen LogP contribution < -0.4 is 0 Å². The van der Waals surface area contributed by atoms with Crippen LogP contribution in [0.5, 0.6) is 0 Å². The van der Waals surface area contributed by atoms with E-state index in [-0.39, 0.29) is 0 Å². The molecule has 1 heteroatoms. The summed E-state index contributed by atoms with van der Waals surface area (Å²) in [4.78, 5) is 0. The lowest BCUT2D eigenvalue weighted by Crippen LogP contribution is -2.13. The lowest BCUT2D eigenvalue weighted by Gasteiger charge is -2.23. The molecule has 0 heterocycles. The lowest BCUT2D eigenvalue weighted by atomic mass is 9.83. The summed E-state index contributed by atoms with van der Waals surface area (Å²) in [5.74, 6) is 1.54. The van der Waals surface area contributed by atoms with E-state index in [1.54, 1.807) is 0 Å². The monoisotopic (exact) mass is 152 g/mol. The SMILES string of the molecule is C=C(O)CC1CCC=CC1C. The van der Waals surface area contributed by atoms with E-state index in [9.17, 15) is 0 Å². The van der Waals surface area contributed by atoms with Crippen LogP contribution in [0.15, 0.2) is 24.5 Å². The molecule has 0 aromatic carbocycles. The van der Waals surface area contributed by atoms with Crippen LogP contribution >= 0.6 is 0 Å². The zero-order chi connectivity index (χ0) is 8.27. The van der Waals surface area contributed by atoms with E-state index in [2.05, 4.69) is 25.7 Å². The van der Waals surface area contributed by atoms with E-state index in [1.165, 1.54) is 6.42 Å². The third-order valence-electron chi connectivity index (χ3n) is 2.39. The first-order valence-corrected chi connectivity index (χ1v) is 4.23. The van der Waals surface area contributed by atoms with Gasteiger partial charge < -0.3 is 5.11 Å². The van der Waals surface area contributed by atoms with Gasteiger partial charge in [-0.25, -0.2) is 0 Å². The van der Waals surface area contributed by atoms with Gasteiger partial charge in [0.1, 0.15) is 0 Å². The molecule has 0 radical (unpaired) electrons. The van der Waals surface area contributed by atoms with E-state index in [4.69, 9.17) is 5.11 Å². The molecule has 0 fully saturated rings. The standard InChI is InChI=1S/C10H16O/c1-8-5-3-4-6-10(8)7-9(2)11/h3,5,8,10-11H,2,4,6-7H2,1H3. The van der Waals surface area contributed by atoms with Crippen molar-refractivity contribution in [3.05, 3.63) is 24.5 Å². The van der Waals surface area contributed by atoms with Crippen molar-refractivity contribution in [1.29, 1.82) is 0 Å². The maximum Gasteiger partial charge on any atom is 0.0854 e. The summed E-state index contributed by atoms with van der Waals surface area (Å²) in [6.45, 7) is 5.71. The number of allylic oxidation sites excluding steroid dienone is 3. The highest BCUT2D eigenvalue weighted by molar-refractivity contribution is 4.98. The first-order chi connectivity index (χ1) is 5.20. The van der Waals surface area contributed by atoms with Crippen molar-refractivity contribution in [1.82, 2.24) is 0 Å². The van der Waals surface area contributed by atoms with Crippen LogP contribution in [0.3, 0.4) is 0 Å². The number of hydrogen-bond acceptors (Lipinski definition) is 1. The lowest BCUT2D eigenvalue weighted by molar-refractivity contribution is 0.303. The van der Waals surface area contributed by atoms with E-state index < -0.39 is 0 Å². The second kappa shape index (κ2) is 3.61. The van der Waals surface area contributed by atoms with Crippen LogP contribution in [0.1, 0.15) is 26.2 Å². The molecular formula is C10H16O. The van der Waals surface area contributed by atoms with Gasteiger partial charge in [0.2, 0.25) is 0 Å². The average Bonchev–Trinajstić information content (AvgIpc) is 1.93. The minimum atomic E-state index is 0.331. The fourth-order valence-corrected chi connectivity index (χ4v) is 1.63. The molecule has 62 valence electrons. The van der Waals surface area contributed by atoms with Gasteiger partial charge in [-0.3, -0.25) is 0 Å². The molecule has 1 aliphatic carbocycles. The van der Waals surface area contributed by atoms with Gasteiger partial charge in [0.05, 0.1) is 5.76 Å². The summed E-state index contributed by atoms with van der Waals surface area (Å²) in [6, 6.07) is 0. The predicted octanol–water partition coefficient (Wildman–Crippen LogP) is 3.05. The molecule has 0 aromatic heterocycles. The van der Waals surface area contributed by atoms with Crippen LogP contribution in [0.2, 0.25) is 0 Å². The van der Waals surface area contributed by atoms with E-state index in [0.29, 0.717) is 17.6 Å². The molecule has 2 unspecified atom stereocenters. The number of aliphatic hydroxyl groups is 1. The molecule has 1 N–H and O–H groups in total. The molecule has 11 heavy (non-hydrogen) atoms. The molecule has 0 saturated heterocycles. The molecule has 2 atom stereocenters. The molecule has 0 aromatic rings. The van der Waals surface area contributed by atoms with Gasteiger partial charge in [-0.1, -0.05) is 25.7 Å². The summed E-state index contributed by atoms with van der Waals surface area (Å²) in [5.41, 5.74) is 0. The maximum atomic E-state index is 9.00. The Morgan fingerprint density at radius 3 is 3.00 bits per heavy atom. The first kappa shape index (κ1) is 8.38. The Labute approximate surface area is 68.4 Å². The van der Waals surface area contributed by atoms with Gasteiger partial charge in [0.15, 0.2) is 0 Å². The fourth-order valence-electron chi connectivity index (χ4n) is 1.63. The Morgan fingerprint density at radius 1 is 1.73 bits per heavy atom. The molecule has 0 bridgehead atoms.